The maximum Gasteiger partial charge on any atom is 0.413 e. The van der Waals surface area contributed by atoms with Crippen LogP contribution < -0.4 is 5.32 Å². The minimum atomic E-state index is -2.60. The summed E-state index contributed by atoms with van der Waals surface area (Å²) in [6.07, 6.45) is -1.19. The summed E-state index contributed by atoms with van der Waals surface area (Å²) >= 11 is 0. The minimum absolute atomic E-state index is 0.190. The molecule has 2 rings (SSSR count). The highest BCUT2D eigenvalue weighted by Gasteiger charge is 2.48. The Labute approximate surface area is 135 Å². The molecule has 1 aromatic rings. The fourth-order valence-electron chi connectivity index (χ4n) is 2.73. The second kappa shape index (κ2) is 5.76. The molecule has 1 N–H and O–H groups in total. The number of amides is 1. The van der Waals surface area contributed by atoms with Gasteiger partial charge in [-0.1, -0.05) is 0 Å². The van der Waals surface area contributed by atoms with Crippen molar-refractivity contribution < 1.29 is 18.3 Å². The molecule has 130 valence electrons. The van der Waals surface area contributed by atoms with Crippen molar-refractivity contribution in [2.75, 3.05) is 5.32 Å². The number of hydrogen-bond donors (Lipinski definition) is 1. The van der Waals surface area contributed by atoms with Gasteiger partial charge in [0.15, 0.2) is 0 Å². The van der Waals surface area contributed by atoms with E-state index in [0.29, 0.717) is 11.5 Å². The van der Waals surface area contributed by atoms with Crippen molar-refractivity contribution in [3.63, 3.8) is 0 Å². The van der Waals surface area contributed by atoms with Gasteiger partial charge in [0.25, 0.3) is 0 Å². The molecule has 1 saturated carbocycles. The number of nitrogens with one attached hydrogen (secondary N) is 1. The topological polar surface area (TPSA) is 56.2 Å². The third kappa shape index (κ3) is 3.82. The average Bonchev–Trinajstić information content (AvgIpc) is 2.62. The normalized spacial score (nSPS) is 18.0. The Balaban J connectivity index is 2.32. The number of anilines is 1. The van der Waals surface area contributed by atoms with Gasteiger partial charge >= 0.3 is 6.09 Å². The molecule has 7 heteroatoms. The monoisotopic (exact) mass is 329 g/mol. The van der Waals surface area contributed by atoms with Gasteiger partial charge in [0.2, 0.25) is 5.92 Å². The molecule has 0 aliphatic heterocycles. The Kier molecular flexibility index (Phi) is 4.43. The van der Waals surface area contributed by atoms with E-state index in [2.05, 4.69) is 10.4 Å². The highest BCUT2D eigenvalue weighted by molar-refractivity contribution is 5.84. The van der Waals surface area contributed by atoms with Crippen LogP contribution in [0.15, 0.2) is 0 Å². The lowest BCUT2D eigenvalue weighted by atomic mass is 9.78. The number of nitrogens with zero attached hydrogens (tertiary/aromatic N) is 2. The standard InChI is InChI=1S/C16H25F2N3O2/c1-9(2)23-14(22)19-13-10(3)12(11-7-16(17,18)8-11)20-21(13)15(4,5)6/h9,11H,7-8H2,1-6H3,(H,19,22). The molecule has 0 atom stereocenters. The summed E-state index contributed by atoms with van der Waals surface area (Å²) in [7, 11) is 0. The molecule has 0 aromatic carbocycles. The zero-order valence-corrected chi connectivity index (χ0v) is 14.5. The van der Waals surface area contributed by atoms with E-state index in [1.54, 1.807) is 25.5 Å². The van der Waals surface area contributed by atoms with E-state index in [9.17, 15) is 13.6 Å². The van der Waals surface area contributed by atoms with Crippen LogP contribution in [0.4, 0.5) is 19.4 Å². The second-order valence-electron chi connectivity index (χ2n) is 7.48. The summed E-state index contributed by atoms with van der Waals surface area (Å²) in [4.78, 5) is 11.9. The molecule has 0 unspecified atom stereocenters. The molecule has 1 aliphatic carbocycles. The van der Waals surface area contributed by atoms with Crippen LogP contribution in [0.2, 0.25) is 0 Å². The van der Waals surface area contributed by atoms with Gasteiger partial charge in [0.05, 0.1) is 17.3 Å². The zero-order valence-electron chi connectivity index (χ0n) is 14.5. The Morgan fingerprint density at radius 1 is 1.39 bits per heavy atom. The van der Waals surface area contributed by atoms with E-state index in [1.165, 1.54) is 0 Å². The summed E-state index contributed by atoms with van der Waals surface area (Å²) in [5, 5.41) is 7.23. The first-order valence-corrected chi connectivity index (χ1v) is 7.86. The second-order valence-corrected chi connectivity index (χ2v) is 7.48. The van der Waals surface area contributed by atoms with Gasteiger partial charge in [-0.2, -0.15) is 5.10 Å². The van der Waals surface area contributed by atoms with E-state index >= 15 is 0 Å². The van der Waals surface area contributed by atoms with Crippen molar-refractivity contribution in [1.82, 2.24) is 9.78 Å². The molecule has 1 aromatic heterocycles. The fraction of sp³-hybridized carbons (Fsp3) is 0.750. The number of aromatic nitrogens is 2. The van der Waals surface area contributed by atoms with Crippen LogP contribution in [-0.4, -0.2) is 27.9 Å². The molecule has 1 aliphatic rings. The van der Waals surface area contributed by atoms with Gasteiger partial charge < -0.3 is 4.74 Å². The summed E-state index contributed by atoms with van der Waals surface area (Å²) < 4.78 is 33.1. The van der Waals surface area contributed by atoms with Gasteiger partial charge in [0, 0.05) is 24.3 Å². The van der Waals surface area contributed by atoms with Crippen molar-refractivity contribution in [3.05, 3.63) is 11.3 Å². The number of carbonyl (C=O) groups is 1. The summed E-state index contributed by atoms with van der Waals surface area (Å²) in [6.45, 7) is 11.1. The number of hydrogen-bond acceptors (Lipinski definition) is 3. The molecular formula is C16H25F2N3O2. The lowest BCUT2D eigenvalue weighted by molar-refractivity contribution is -0.0878. The number of alkyl halides is 2. The number of rotatable bonds is 3. The van der Waals surface area contributed by atoms with Gasteiger partial charge in [-0.05, 0) is 41.5 Å². The molecule has 23 heavy (non-hydrogen) atoms. The van der Waals surface area contributed by atoms with E-state index in [0.717, 1.165) is 5.56 Å². The third-order valence-corrected chi connectivity index (χ3v) is 3.83. The van der Waals surface area contributed by atoms with Crippen LogP contribution in [0, 0.1) is 6.92 Å². The van der Waals surface area contributed by atoms with E-state index in [-0.39, 0.29) is 24.9 Å². The van der Waals surface area contributed by atoms with Crippen molar-refractivity contribution in [1.29, 1.82) is 0 Å². The van der Waals surface area contributed by atoms with E-state index in [1.807, 2.05) is 20.8 Å². The van der Waals surface area contributed by atoms with Gasteiger partial charge in [0.1, 0.15) is 5.82 Å². The van der Waals surface area contributed by atoms with Gasteiger partial charge in [-0.15, -0.1) is 0 Å². The SMILES string of the molecule is Cc1c(C2CC(F)(F)C2)nn(C(C)(C)C)c1NC(=O)OC(C)C. The van der Waals surface area contributed by atoms with Crippen molar-refractivity contribution in [2.24, 2.45) is 0 Å². The summed E-state index contributed by atoms with van der Waals surface area (Å²) in [6, 6.07) is 0. The zero-order chi connectivity index (χ0) is 17.6. The fourth-order valence-corrected chi connectivity index (χ4v) is 2.73. The van der Waals surface area contributed by atoms with Gasteiger partial charge in [-0.25, -0.2) is 18.3 Å². The average molecular weight is 329 g/mol. The van der Waals surface area contributed by atoms with Crippen molar-refractivity contribution >= 4 is 11.9 Å². The molecule has 0 radical (unpaired) electrons. The number of carbonyl (C=O) groups excluding carboxylic acids is 1. The molecule has 5 nitrogen and oxygen atoms in total. The summed E-state index contributed by atoms with van der Waals surface area (Å²) in [5.41, 5.74) is 0.960. The molecule has 1 fully saturated rings. The number of ether oxygens (including phenoxy) is 1. The lowest BCUT2D eigenvalue weighted by Crippen LogP contribution is -2.34. The maximum absolute atomic E-state index is 13.2. The summed E-state index contributed by atoms with van der Waals surface area (Å²) in [5.74, 6) is -2.36. The van der Waals surface area contributed by atoms with Crippen LogP contribution in [0.1, 0.15) is 64.6 Å². The highest BCUT2D eigenvalue weighted by Crippen LogP contribution is 2.49. The largest absolute Gasteiger partial charge is 0.447 e. The minimum Gasteiger partial charge on any atom is -0.447 e. The Morgan fingerprint density at radius 2 is 1.96 bits per heavy atom. The Hall–Kier alpha value is -1.66. The maximum atomic E-state index is 13.2. The van der Waals surface area contributed by atoms with E-state index in [4.69, 9.17) is 4.74 Å². The van der Waals surface area contributed by atoms with E-state index < -0.39 is 17.6 Å². The molecule has 1 amide bonds. The molecule has 0 saturated heterocycles. The van der Waals surface area contributed by atoms with Crippen LogP contribution in [0.25, 0.3) is 0 Å². The first kappa shape index (κ1) is 17.7. The first-order chi connectivity index (χ1) is 10.4. The Morgan fingerprint density at radius 3 is 2.39 bits per heavy atom. The Bertz CT molecular complexity index is 595. The molecule has 0 bridgehead atoms. The van der Waals surface area contributed by atoms with Crippen molar-refractivity contribution in [3.8, 4) is 0 Å². The van der Waals surface area contributed by atoms with Crippen LogP contribution in [0.5, 0.6) is 0 Å². The quantitative estimate of drug-likeness (QED) is 0.893. The molecule has 1 heterocycles. The van der Waals surface area contributed by atoms with Gasteiger partial charge in [-0.3, -0.25) is 5.32 Å². The number of halogens is 2. The first-order valence-electron chi connectivity index (χ1n) is 7.86. The lowest BCUT2D eigenvalue weighted by Gasteiger charge is -2.34. The molecular weight excluding hydrogens is 304 g/mol. The van der Waals surface area contributed by atoms with Crippen LogP contribution >= 0.6 is 0 Å². The van der Waals surface area contributed by atoms with Crippen LogP contribution in [-0.2, 0) is 10.3 Å². The molecule has 0 spiro atoms. The smallest absolute Gasteiger partial charge is 0.413 e. The predicted molar refractivity (Wildman–Crippen MR) is 84.1 cm³/mol. The van der Waals surface area contributed by atoms with Crippen LogP contribution in [0.3, 0.4) is 0 Å². The highest BCUT2D eigenvalue weighted by atomic mass is 19.3. The third-order valence-electron chi connectivity index (χ3n) is 3.83. The van der Waals surface area contributed by atoms with Crippen molar-refractivity contribution in [2.45, 2.75) is 77.9 Å². The predicted octanol–water partition coefficient (Wildman–Crippen LogP) is 4.42.